The summed E-state index contributed by atoms with van der Waals surface area (Å²) >= 11 is 0. The molecule has 0 radical (unpaired) electrons. The third-order valence-corrected chi connectivity index (χ3v) is 1.82. The first kappa shape index (κ1) is 9.74. The van der Waals surface area contributed by atoms with E-state index in [1.807, 2.05) is 12.1 Å². The number of hydrogen-bond acceptors (Lipinski definition) is 3. The quantitative estimate of drug-likeness (QED) is 0.713. The first-order valence-corrected chi connectivity index (χ1v) is 4.14. The Morgan fingerprint density at radius 3 is 3.15 bits per heavy atom. The van der Waals surface area contributed by atoms with Gasteiger partial charge in [-0.2, -0.15) is 0 Å². The molecular weight excluding hydrogens is 164 g/mol. The summed E-state index contributed by atoms with van der Waals surface area (Å²) in [6, 6.07) is 3.71. The molecule has 0 saturated carbocycles. The van der Waals surface area contributed by atoms with Crippen LogP contribution in [0.25, 0.3) is 0 Å². The lowest BCUT2D eigenvalue weighted by Gasteiger charge is -2.09. The Balaban J connectivity index is 2.81. The number of ether oxygens (including phenoxy) is 1. The zero-order valence-corrected chi connectivity index (χ0v) is 7.73. The van der Waals surface area contributed by atoms with Crippen LogP contribution in [0.5, 0.6) is 5.88 Å². The Morgan fingerprint density at radius 1 is 1.77 bits per heavy atom. The van der Waals surface area contributed by atoms with Crippen molar-refractivity contribution in [3.05, 3.63) is 36.5 Å². The minimum atomic E-state index is -0.0191. The smallest absolute Gasteiger partial charge is 0.213 e. The molecule has 0 aliphatic rings. The molecule has 2 N–H and O–H groups in total. The summed E-state index contributed by atoms with van der Waals surface area (Å²) in [5.41, 5.74) is 6.89. The van der Waals surface area contributed by atoms with Gasteiger partial charge >= 0.3 is 0 Å². The summed E-state index contributed by atoms with van der Waals surface area (Å²) in [7, 11) is 1.59. The van der Waals surface area contributed by atoms with E-state index in [4.69, 9.17) is 10.5 Å². The summed E-state index contributed by atoms with van der Waals surface area (Å²) < 4.78 is 4.99. The van der Waals surface area contributed by atoms with Crippen LogP contribution in [0.3, 0.4) is 0 Å². The van der Waals surface area contributed by atoms with Gasteiger partial charge in [0.15, 0.2) is 0 Å². The minimum Gasteiger partial charge on any atom is -0.481 e. The van der Waals surface area contributed by atoms with Gasteiger partial charge in [0.2, 0.25) is 5.88 Å². The number of nitrogens with zero attached hydrogens (tertiary/aromatic N) is 1. The second-order valence-electron chi connectivity index (χ2n) is 2.76. The summed E-state index contributed by atoms with van der Waals surface area (Å²) in [5.74, 6) is 0.594. The molecule has 0 aliphatic heterocycles. The second-order valence-corrected chi connectivity index (χ2v) is 2.76. The normalized spacial score (nSPS) is 12.2. The van der Waals surface area contributed by atoms with E-state index in [0.717, 1.165) is 12.0 Å². The average Bonchev–Trinajstić information content (AvgIpc) is 2.18. The summed E-state index contributed by atoms with van der Waals surface area (Å²) in [5, 5.41) is 0. The third kappa shape index (κ3) is 2.56. The van der Waals surface area contributed by atoms with Gasteiger partial charge in [-0.1, -0.05) is 6.08 Å². The maximum atomic E-state index is 5.87. The predicted molar refractivity (Wildman–Crippen MR) is 52.5 cm³/mol. The molecule has 13 heavy (non-hydrogen) atoms. The number of aromatic nitrogens is 1. The Hall–Kier alpha value is -1.35. The van der Waals surface area contributed by atoms with Gasteiger partial charge in [-0.3, -0.25) is 0 Å². The van der Waals surface area contributed by atoms with E-state index < -0.39 is 0 Å². The van der Waals surface area contributed by atoms with Crippen LogP contribution in [0.4, 0.5) is 0 Å². The van der Waals surface area contributed by atoms with Crippen LogP contribution >= 0.6 is 0 Å². The van der Waals surface area contributed by atoms with Gasteiger partial charge in [0, 0.05) is 18.3 Å². The van der Waals surface area contributed by atoms with Gasteiger partial charge in [-0.25, -0.2) is 4.98 Å². The number of rotatable bonds is 4. The van der Waals surface area contributed by atoms with E-state index in [9.17, 15) is 0 Å². The third-order valence-electron chi connectivity index (χ3n) is 1.82. The van der Waals surface area contributed by atoms with E-state index in [1.165, 1.54) is 0 Å². The van der Waals surface area contributed by atoms with E-state index in [1.54, 1.807) is 19.4 Å². The predicted octanol–water partition coefficient (Wildman–Crippen LogP) is 1.67. The van der Waals surface area contributed by atoms with Crippen LogP contribution in [0, 0.1) is 0 Å². The molecule has 70 valence electrons. The number of methoxy groups -OCH3 is 1. The first-order chi connectivity index (χ1) is 6.27. The van der Waals surface area contributed by atoms with Gasteiger partial charge in [-0.05, 0) is 18.1 Å². The average molecular weight is 178 g/mol. The standard InChI is InChI=1S/C10H14N2O/c1-3-4-9(11)8-5-6-12-10(7-8)13-2/h3,5-7,9H,1,4,11H2,2H3/t9-/m1/s1. The highest BCUT2D eigenvalue weighted by Crippen LogP contribution is 2.17. The van der Waals surface area contributed by atoms with E-state index in [-0.39, 0.29) is 6.04 Å². The molecule has 3 heteroatoms. The van der Waals surface area contributed by atoms with Gasteiger partial charge in [0.25, 0.3) is 0 Å². The molecule has 0 saturated heterocycles. The maximum absolute atomic E-state index is 5.87. The van der Waals surface area contributed by atoms with Crippen LogP contribution in [-0.2, 0) is 0 Å². The SMILES string of the molecule is C=CC[C@@H](N)c1ccnc(OC)c1. The topological polar surface area (TPSA) is 48.1 Å². The highest BCUT2D eigenvalue weighted by atomic mass is 16.5. The van der Waals surface area contributed by atoms with E-state index in [2.05, 4.69) is 11.6 Å². The van der Waals surface area contributed by atoms with Gasteiger partial charge in [0.05, 0.1) is 7.11 Å². The molecule has 1 atom stereocenters. The summed E-state index contributed by atoms with van der Waals surface area (Å²) in [6.07, 6.45) is 4.25. The van der Waals surface area contributed by atoms with Crippen LogP contribution < -0.4 is 10.5 Å². The Kier molecular flexibility index (Phi) is 3.46. The zero-order valence-electron chi connectivity index (χ0n) is 7.73. The Bertz CT molecular complexity index is 286. The molecular formula is C10H14N2O. The molecule has 1 heterocycles. The molecule has 0 bridgehead atoms. The van der Waals surface area contributed by atoms with Gasteiger partial charge in [-0.15, -0.1) is 6.58 Å². The van der Waals surface area contributed by atoms with Crippen molar-refractivity contribution >= 4 is 0 Å². The molecule has 3 nitrogen and oxygen atoms in total. The molecule has 0 aromatic carbocycles. The molecule has 0 unspecified atom stereocenters. The summed E-state index contributed by atoms with van der Waals surface area (Å²) in [4.78, 5) is 4.00. The zero-order chi connectivity index (χ0) is 9.68. The van der Waals surface area contributed by atoms with E-state index >= 15 is 0 Å². The highest BCUT2D eigenvalue weighted by molar-refractivity contribution is 5.23. The van der Waals surface area contributed by atoms with Crippen LogP contribution in [0.2, 0.25) is 0 Å². The Labute approximate surface area is 78.2 Å². The van der Waals surface area contributed by atoms with Crippen molar-refractivity contribution in [2.45, 2.75) is 12.5 Å². The van der Waals surface area contributed by atoms with Crippen LogP contribution in [0.15, 0.2) is 31.0 Å². The van der Waals surface area contributed by atoms with Crippen molar-refractivity contribution in [3.8, 4) is 5.88 Å². The van der Waals surface area contributed by atoms with Crippen molar-refractivity contribution < 1.29 is 4.74 Å². The van der Waals surface area contributed by atoms with Crippen LogP contribution in [0.1, 0.15) is 18.0 Å². The molecule has 1 aromatic heterocycles. The monoisotopic (exact) mass is 178 g/mol. The van der Waals surface area contributed by atoms with Crippen molar-refractivity contribution in [1.29, 1.82) is 0 Å². The summed E-state index contributed by atoms with van der Waals surface area (Å²) in [6.45, 7) is 3.64. The second kappa shape index (κ2) is 4.62. The highest BCUT2D eigenvalue weighted by Gasteiger charge is 2.04. The molecule has 0 spiro atoms. The molecule has 0 aliphatic carbocycles. The fourth-order valence-electron chi connectivity index (χ4n) is 1.08. The number of hydrogen-bond donors (Lipinski definition) is 1. The fraction of sp³-hybridized carbons (Fsp3) is 0.300. The van der Waals surface area contributed by atoms with Crippen LogP contribution in [-0.4, -0.2) is 12.1 Å². The lowest BCUT2D eigenvalue weighted by molar-refractivity contribution is 0.397. The molecule has 0 fully saturated rings. The van der Waals surface area contributed by atoms with Crippen molar-refractivity contribution in [2.75, 3.05) is 7.11 Å². The molecule has 1 aromatic rings. The lowest BCUT2D eigenvalue weighted by atomic mass is 10.1. The van der Waals surface area contributed by atoms with Crippen molar-refractivity contribution in [2.24, 2.45) is 5.73 Å². The van der Waals surface area contributed by atoms with Crippen molar-refractivity contribution in [3.63, 3.8) is 0 Å². The van der Waals surface area contributed by atoms with Gasteiger partial charge in [0.1, 0.15) is 0 Å². The molecule has 0 amide bonds. The number of nitrogens with two attached hydrogens (primary N) is 1. The lowest BCUT2D eigenvalue weighted by Crippen LogP contribution is -2.09. The minimum absolute atomic E-state index is 0.0191. The fourth-order valence-corrected chi connectivity index (χ4v) is 1.08. The Morgan fingerprint density at radius 2 is 2.54 bits per heavy atom. The maximum Gasteiger partial charge on any atom is 0.213 e. The first-order valence-electron chi connectivity index (χ1n) is 4.14. The number of pyridine rings is 1. The van der Waals surface area contributed by atoms with E-state index in [0.29, 0.717) is 5.88 Å². The largest absolute Gasteiger partial charge is 0.481 e. The molecule has 1 rings (SSSR count). The van der Waals surface area contributed by atoms with Crippen molar-refractivity contribution in [1.82, 2.24) is 4.98 Å². The van der Waals surface area contributed by atoms with Gasteiger partial charge < -0.3 is 10.5 Å².